The number of carboxylic acid groups (broad SMARTS) is 1. The fraction of sp³-hybridized carbons (Fsp3) is 0.429. The van der Waals surface area contributed by atoms with E-state index in [4.69, 9.17) is 4.74 Å². The van der Waals surface area contributed by atoms with Crippen LogP contribution in [0.4, 0.5) is 13.6 Å². The zero-order chi connectivity index (χ0) is 27.9. The third-order valence-electron chi connectivity index (χ3n) is 7.16. The van der Waals surface area contributed by atoms with Crippen LogP contribution in [0, 0.1) is 17.6 Å². The number of carbonyl (C=O) groups is 4. The van der Waals surface area contributed by atoms with E-state index in [1.165, 1.54) is 0 Å². The van der Waals surface area contributed by atoms with Crippen molar-refractivity contribution in [2.75, 3.05) is 13.1 Å². The van der Waals surface area contributed by atoms with Crippen LogP contribution in [0.25, 0.3) is 0 Å². The molecule has 2 atom stereocenters. The standard InChI is InChI=1S/C28H31F2N3O6/c29-21-13-20(14-22(30)15-21)27(37)32-11-12-33(28(38)39-17-18-7-3-1-4-8-18)26(32)25(36)31-23(16-24(34)35)19-9-5-2-6-10-19/h1,3-4,7-8,13-15,19,23,26H,2,5-6,9-12,16-17H2,(H,31,36)(H,34,35). The number of halogens is 2. The summed E-state index contributed by atoms with van der Waals surface area (Å²) in [7, 11) is 0. The minimum atomic E-state index is -1.49. The largest absolute Gasteiger partial charge is 0.481 e. The topological polar surface area (TPSA) is 116 Å². The summed E-state index contributed by atoms with van der Waals surface area (Å²) >= 11 is 0. The molecule has 2 fully saturated rings. The summed E-state index contributed by atoms with van der Waals surface area (Å²) in [5, 5.41) is 12.2. The normalized spacial score (nSPS) is 18.5. The molecule has 2 N–H and O–H groups in total. The highest BCUT2D eigenvalue weighted by molar-refractivity contribution is 5.99. The number of aliphatic carboxylic acids is 1. The number of amides is 3. The van der Waals surface area contributed by atoms with Crippen LogP contribution in [0.5, 0.6) is 0 Å². The molecule has 4 rings (SSSR count). The van der Waals surface area contributed by atoms with Gasteiger partial charge in [-0.05, 0) is 36.5 Å². The Labute approximate surface area is 224 Å². The van der Waals surface area contributed by atoms with Crippen LogP contribution < -0.4 is 5.32 Å². The molecular formula is C28H31F2N3O6. The molecule has 9 nitrogen and oxygen atoms in total. The molecule has 1 saturated heterocycles. The highest BCUT2D eigenvalue weighted by atomic mass is 19.1. The van der Waals surface area contributed by atoms with Crippen molar-refractivity contribution in [3.05, 3.63) is 71.3 Å². The number of hydrogen-bond donors (Lipinski definition) is 2. The molecule has 2 aliphatic rings. The highest BCUT2D eigenvalue weighted by Crippen LogP contribution is 2.29. The Morgan fingerprint density at radius 3 is 2.23 bits per heavy atom. The van der Waals surface area contributed by atoms with Crippen molar-refractivity contribution in [3.63, 3.8) is 0 Å². The molecule has 1 heterocycles. The third-order valence-corrected chi connectivity index (χ3v) is 7.16. The lowest BCUT2D eigenvalue weighted by atomic mass is 9.82. The molecule has 11 heteroatoms. The number of carbonyl (C=O) groups excluding carboxylic acids is 3. The Bertz CT molecular complexity index is 1180. The van der Waals surface area contributed by atoms with E-state index in [0.717, 1.165) is 54.0 Å². The predicted molar refractivity (Wildman–Crippen MR) is 135 cm³/mol. The lowest BCUT2D eigenvalue weighted by Gasteiger charge is -2.34. The summed E-state index contributed by atoms with van der Waals surface area (Å²) in [6.45, 7) is -0.234. The fourth-order valence-corrected chi connectivity index (χ4v) is 5.28. The number of nitrogens with zero attached hydrogens (tertiary/aromatic N) is 2. The first-order valence-corrected chi connectivity index (χ1v) is 13.0. The van der Waals surface area contributed by atoms with E-state index < -0.39 is 47.7 Å². The molecule has 1 saturated carbocycles. The lowest BCUT2D eigenvalue weighted by Crippen LogP contribution is -2.57. The zero-order valence-corrected chi connectivity index (χ0v) is 21.4. The first-order valence-electron chi connectivity index (χ1n) is 13.0. The van der Waals surface area contributed by atoms with Gasteiger partial charge in [0.2, 0.25) is 0 Å². The molecule has 0 bridgehead atoms. The van der Waals surface area contributed by atoms with E-state index in [9.17, 15) is 33.1 Å². The molecule has 208 valence electrons. The van der Waals surface area contributed by atoms with E-state index in [1.807, 2.05) is 6.07 Å². The van der Waals surface area contributed by atoms with Gasteiger partial charge in [0.25, 0.3) is 11.8 Å². The van der Waals surface area contributed by atoms with Gasteiger partial charge in [-0.2, -0.15) is 0 Å². The third kappa shape index (κ3) is 7.10. The molecule has 0 aromatic heterocycles. The number of nitrogens with one attached hydrogen (secondary N) is 1. The minimum absolute atomic E-state index is 0.0672. The van der Waals surface area contributed by atoms with Gasteiger partial charge in [0, 0.05) is 30.8 Å². The molecule has 2 unspecified atom stereocenters. The Morgan fingerprint density at radius 1 is 0.949 bits per heavy atom. The second-order valence-electron chi connectivity index (χ2n) is 9.87. The second kappa shape index (κ2) is 12.7. The lowest BCUT2D eigenvalue weighted by molar-refractivity contribution is -0.138. The van der Waals surface area contributed by atoms with Gasteiger partial charge in [-0.15, -0.1) is 0 Å². The summed E-state index contributed by atoms with van der Waals surface area (Å²) in [5.74, 6) is -4.68. The predicted octanol–water partition coefficient (Wildman–Crippen LogP) is 3.93. The maximum Gasteiger partial charge on any atom is 0.412 e. The number of hydrogen-bond acceptors (Lipinski definition) is 5. The van der Waals surface area contributed by atoms with E-state index in [2.05, 4.69) is 5.32 Å². The Balaban J connectivity index is 1.58. The zero-order valence-electron chi connectivity index (χ0n) is 21.4. The maximum atomic E-state index is 13.9. The van der Waals surface area contributed by atoms with Gasteiger partial charge in [-0.3, -0.25) is 19.3 Å². The summed E-state index contributed by atoms with van der Waals surface area (Å²) in [6.07, 6.45) is 1.68. The Morgan fingerprint density at radius 2 is 1.59 bits per heavy atom. The second-order valence-corrected chi connectivity index (χ2v) is 9.87. The average Bonchev–Trinajstić information content (AvgIpc) is 3.37. The first kappa shape index (κ1) is 28.0. The van der Waals surface area contributed by atoms with Crippen LogP contribution >= 0.6 is 0 Å². The van der Waals surface area contributed by atoms with E-state index in [1.54, 1.807) is 24.3 Å². The van der Waals surface area contributed by atoms with Crippen LogP contribution in [0.2, 0.25) is 0 Å². The highest BCUT2D eigenvalue weighted by Gasteiger charge is 2.45. The number of carboxylic acids is 1. The van der Waals surface area contributed by atoms with Gasteiger partial charge in [0.1, 0.15) is 18.2 Å². The molecule has 3 amide bonds. The van der Waals surface area contributed by atoms with Crippen LogP contribution in [-0.4, -0.2) is 64.1 Å². The van der Waals surface area contributed by atoms with Crippen molar-refractivity contribution in [2.24, 2.45) is 5.92 Å². The van der Waals surface area contributed by atoms with Gasteiger partial charge in [-0.25, -0.2) is 13.6 Å². The fourth-order valence-electron chi connectivity index (χ4n) is 5.28. The smallest absolute Gasteiger partial charge is 0.412 e. The molecule has 0 spiro atoms. The van der Waals surface area contributed by atoms with Crippen molar-refractivity contribution in [3.8, 4) is 0 Å². The van der Waals surface area contributed by atoms with Crippen molar-refractivity contribution in [1.82, 2.24) is 15.1 Å². The summed E-state index contributed by atoms with van der Waals surface area (Å²) in [4.78, 5) is 53.8. The van der Waals surface area contributed by atoms with Crippen LogP contribution in [0.3, 0.4) is 0 Å². The summed E-state index contributed by atoms with van der Waals surface area (Å²) < 4.78 is 33.1. The van der Waals surface area contributed by atoms with Gasteiger partial charge in [-0.1, -0.05) is 49.6 Å². The Hall–Kier alpha value is -4.02. The van der Waals surface area contributed by atoms with E-state index in [-0.39, 0.29) is 37.6 Å². The van der Waals surface area contributed by atoms with Gasteiger partial charge < -0.3 is 20.1 Å². The van der Waals surface area contributed by atoms with Crippen molar-refractivity contribution >= 4 is 23.9 Å². The molecule has 39 heavy (non-hydrogen) atoms. The summed E-state index contributed by atoms with van der Waals surface area (Å²) in [6, 6.07) is 10.5. The molecule has 1 aliphatic carbocycles. The monoisotopic (exact) mass is 543 g/mol. The van der Waals surface area contributed by atoms with Gasteiger partial charge >= 0.3 is 12.1 Å². The Kier molecular flexibility index (Phi) is 9.11. The van der Waals surface area contributed by atoms with Crippen LogP contribution in [0.15, 0.2) is 48.5 Å². The van der Waals surface area contributed by atoms with Crippen molar-refractivity contribution < 1.29 is 37.8 Å². The maximum absolute atomic E-state index is 13.9. The van der Waals surface area contributed by atoms with E-state index in [0.29, 0.717) is 11.6 Å². The van der Waals surface area contributed by atoms with E-state index >= 15 is 0 Å². The average molecular weight is 544 g/mol. The number of ether oxygens (including phenoxy) is 1. The van der Waals surface area contributed by atoms with Gasteiger partial charge in [0.15, 0.2) is 6.17 Å². The van der Waals surface area contributed by atoms with Crippen LogP contribution in [-0.2, 0) is 20.9 Å². The molecule has 1 aliphatic heterocycles. The molecule has 2 aromatic carbocycles. The molecule has 0 radical (unpaired) electrons. The number of rotatable bonds is 8. The first-order chi connectivity index (χ1) is 18.7. The van der Waals surface area contributed by atoms with Crippen molar-refractivity contribution in [2.45, 2.75) is 57.3 Å². The minimum Gasteiger partial charge on any atom is -0.481 e. The van der Waals surface area contributed by atoms with Gasteiger partial charge in [0.05, 0.1) is 6.42 Å². The molecule has 2 aromatic rings. The SMILES string of the molecule is O=C(O)CC(NC(=O)C1N(C(=O)OCc2ccccc2)CCN1C(=O)c1cc(F)cc(F)c1)C1CCCCC1. The number of benzene rings is 2. The quantitative estimate of drug-likeness (QED) is 0.521. The van der Waals surface area contributed by atoms with Crippen LogP contribution in [0.1, 0.15) is 54.4 Å². The summed E-state index contributed by atoms with van der Waals surface area (Å²) in [5.41, 5.74) is 0.396. The molecular weight excluding hydrogens is 512 g/mol. The van der Waals surface area contributed by atoms with Crippen molar-refractivity contribution in [1.29, 1.82) is 0 Å².